The van der Waals surface area contributed by atoms with Crippen molar-refractivity contribution in [3.63, 3.8) is 0 Å². The smallest absolute Gasteiger partial charge is 0.231 e. The van der Waals surface area contributed by atoms with Gasteiger partial charge < -0.3 is 15.5 Å². The monoisotopic (exact) mass is 314 g/mol. The molecule has 0 amide bonds. The maximum atomic E-state index is 4.44. The number of hydrogen-bond acceptors (Lipinski definition) is 8. The molecule has 2 rings (SSSR count). The fraction of sp³-hybridized carbons (Fsp3) is 0.750. The van der Waals surface area contributed by atoms with E-state index in [0.29, 0.717) is 23.1 Å². The lowest BCUT2D eigenvalue weighted by molar-refractivity contribution is 0.922. The van der Waals surface area contributed by atoms with E-state index in [1.807, 2.05) is 49.4 Å². The molecule has 0 saturated carbocycles. The molecule has 8 heteroatoms. The van der Waals surface area contributed by atoms with E-state index in [1.165, 1.54) is 17.3 Å². The van der Waals surface area contributed by atoms with Crippen molar-refractivity contribution >= 4 is 41.4 Å². The van der Waals surface area contributed by atoms with Crippen LogP contribution in [-0.2, 0) is 0 Å². The first kappa shape index (κ1) is 15.5. The second-order valence-corrected chi connectivity index (χ2v) is 7.21. The molecule has 1 saturated heterocycles. The number of anilines is 3. The van der Waals surface area contributed by atoms with E-state index in [0.717, 1.165) is 13.1 Å². The summed E-state index contributed by atoms with van der Waals surface area (Å²) in [7, 11) is 3.87. The van der Waals surface area contributed by atoms with Gasteiger partial charge in [-0.05, 0) is 6.92 Å². The maximum absolute atomic E-state index is 4.44. The summed E-state index contributed by atoms with van der Waals surface area (Å²) in [6.45, 7) is 3.73. The van der Waals surface area contributed by atoms with Crippen LogP contribution in [0.25, 0.3) is 0 Å². The van der Waals surface area contributed by atoms with Crippen molar-refractivity contribution in [2.45, 2.75) is 12.2 Å². The van der Waals surface area contributed by atoms with Crippen LogP contribution >= 0.6 is 23.5 Å². The number of nitrogens with zero attached hydrogens (tertiary/aromatic N) is 4. The third-order valence-corrected chi connectivity index (χ3v) is 5.58. The third kappa shape index (κ3) is 4.59. The molecule has 0 radical (unpaired) electrons. The lowest BCUT2D eigenvalue weighted by atomic mass is 10.5. The predicted octanol–water partition coefficient (Wildman–Crippen LogP) is 1.63. The molecule has 1 aromatic rings. The summed E-state index contributed by atoms with van der Waals surface area (Å²) in [6.07, 6.45) is 0. The lowest BCUT2D eigenvalue weighted by Crippen LogP contribution is -2.25. The predicted molar refractivity (Wildman–Crippen MR) is 90.4 cm³/mol. The summed E-state index contributed by atoms with van der Waals surface area (Å²) < 4.78 is 0. The van der Waals surface area contributed by atoms with Gasteiger partial charge >= 0.3 is 0 Å². The molecular formula is C12H22N6S2. The van der Waals surface area contributed by atoms with Crippen LogP contribution in [-0.4, -0.2) is 64.6 Å². The standard InChI is InChI=1S/C12H22N6S2/c1-4-13-10-15-11(17-12(16-10)18(2)3)14-7-9-8-19-5-6-20-9/h9H,4-8H2,1-3H3,(H2,13,14,15,16,17). The van der Waals surface area contributed by atoms with Gasteiger partial charge in [-0.2, -0.15) is 38.5 Å². The molecule has 0 aliphatic carbocycles. The molecule has 1 atom stereocenters. The van der Waals surface area contributed by atoms with Gasteiger partial charge in [-0.3, -0.25) is 0 Å². The van der Waals surface area contributed by atoms with Crippen LogP contribution in [0.2, 0.25) is 0 Å². The second-order valence-electron chi connectivity index (χ2n) is 4.66. The topological polar surface area (TPSA) is 66.0 Å². The summed E-state index contributed by atoms with van der Waals surface area (Å²) in [6, 6.07) is 0. The molecule has 0 spiro atoms. The average Bonchev–Trinajstić information content (AvgIpc) is 2.46. The van der Waals surface area contributed by atoms with Gasteiger partial charge in [-0.15, -0.1) is 0 Å². The van der Waals surface area contributed by atoms with Crippen LogP contribution in [0.5, 0.6) is 0 Å². The van der Waals surface area contributed by atoms with Gasteiger partial charge in [0.15, 0.2) is 0 Å². The Hall–Kier alpha value is -0.890. The minimum absolute atomic E-state index is 0.624. The molecular weight excluding hydrogens is 292 g/mol. The highest BCUT2D eigenvalue weighted by Gasteiger charge is 2.15. The highest BCUT2D eigenvalue weighted by atomic mass is 32.2. The Labute approximate surface area is 128 Å². The van der Waals surface area contributed by atoms with Gasteiger partial charge in [-0.1, -0.05) is 0 Å². The van der Waals surface area contributed by atoms with Crippen molar-refractivity contribution in [3.05, 3.63) is 0 Å². The third-order valence-electron chi connectivity index (χ3n) is 2.73. The highest BCUT2D eigenvalue weighted by molar-refractivity contribution is 8.06. The van der Waals surface area contributed by atoms with Crippen LogP contribution in [0.4, 0.5) is 17.8 Å². The van der Waals surface area contributed by atoms with Gasteiger partial charge in [0.05, 0.1) is 0 Å². The van der Waals surface area contributed by atoms with E-state index >= 15 is 0 Å². The molecule has 1 aliphatic rings. The Morgan fingerprint density at radius 2 is 1.90 bits per heavy atom. The first-order valence-corrected chi connectivity index (χ1v) is 9.00. The number of rotatable bonds is 6. The largest absolute Gasteiger partial charge is 0.354 e. The Kier molecular flexibility index (Phi) is 6.03. The maximum Gasteiger partial charge on any atom is 0.231 e. The van der Waals surface area contributed by atoms with Crippen LogP contribution in [0.1, 0.15) is 6.92 Å². The molecule has 112 valence electrons. The van der Waals surface area contributed by atoms with E-state index in [9.17, 15) is 0 Å². The minimum atomic E-state index is 0.624. The quantitative estimate of drug-likeness (QED) is 0.821. The van der Waals surface area contributed by atoms with E-state index in [-0.39, 0.29) is 0 Å². The SMILES string of the molecule is CCNc1nc(NCC2CSCCS2)nc(N(C)C)n1. The zero-order valence-corrected chi connectivity index (χ0v) is 13.9. The molecule has 1 aliphatic heterocycles. The number of aromatic nitrogens is 3. The summed E-state index contributed by atoms with van der Waals surface area (Å²) >= 11 is 4.05. The van der Waals surface area contributed by atoms with Gasteiger partial charge in [0.25, 0.3) is 0 Å². The first-order valence-electron chi connectivity index (χ1n) is 6.79. The number of nitrogens with one attached hydrogen (secondary N) is 2. The fourth-order valence-corrected chi connectivity index (χ4v) is 4.35. The molecule has 0 aromatic carbocycles. The van der Waals surface area contributed by atoms with E-state index < -0.39 is 0 Å². The van der Waals surface area contributed by atoms with E-state index in [4.69, 9.17) is 0 Å². The highest BCUT2D eigenvalue weighted by Crippen LogP contribution is 2.24. The zero-order valence-electron chi connectivity index (χ0n) is 12.2. The van der Waals surface area contributed by atoms with Gasteiger partial charge in [0.1, 0.15) is 0 Å². The van der Waals surface area contributed by atoms with Crippen LogP contribution in [0, 0.1) is 0 Å². The van der Waals surface area contributed by atoms with Crippen LogP contribution in [0.3, 0.4) is 0 Å². The van der Waals surface area contributed by atoms with Gasteiger partial charge in [-0.25, -0.2) is 0 Å². The molecule has 1 unspecified atom stereocenters. The summed E-state index contributed by atoms with van der Waals surface area (Å²) in [5.74, 6) is 5.64. The fourth-order valence-electron chi connectivity index (χ4n) is 1.74. The number of thioether (sulfide) groups is 2. The molecule has 2 N–H and O–H groups in total. The Bertz CT molecular complexity index is 422. The Balaban J connectivity index is 2.01. The molecule has 2 heterocycles. The van der Waals surface area contributed by atoms with Crippen molar-refractivity contribution in [1.29, 1.82) is 0 Å². The summed E-state index contributed by atoms with van der Waals surface area (Å²) in [5, 5.41) is 7.12. The first-order chi connectivity index (χ1) is 9.69. The Morgan fingerprint density at radius 3 is 2.50 bits per heavy atom. The van der Waals surface area contributed by atoms with Crippen molar-refractivity contribution in [1.82, 2.24) is 15.0 Å². The van der Waals surface area contributed by atoms with E-state index in [2.05, 4.69) is 25.6 Å². The lowest BCUT2D eigenvalue weighted by Gasteiger charge is -2.21. The zero-order chi connectivity index (χ0) is 14.4. The molecule has 1 aromatic heterocycles. The average molecular weight is 314 g/mol. The number of hydrogen-bond donors (Lipinski definition) is 2. The Morgan fingerprint density at radius 1 is 1.15 bits per heavy atom. The summed E-state index contributed by atoms with van der Waals surface area (Å²) in [5.41, 5.74) is 0. The normalized spacial score (nSPS) is 18.6. The van der Waals surface area contributed by atoms with Crippen LogP contribution < -0.4 is 15.5 Å². The van der Waals surface area contributed by atoms with Crippen molar-refractivity contribution < 1.29 is 0 Å². The molecule has 6 nitrogen and oxygen atoms in total. The molecule has 0 bridgehead atoms. The van der Waals surface area contributed by atoms with Crippen molar-refractivity contribution in [3.8, 4) is 0 Å². The second kappa shape index (κ2) is 7.78. The van der Waals surface area contributed by atoms with Crippen LogP contribution in [0.15, 0.2) is 0 Å². The van der Waals surface area contributed by atoms with Crippen molar-refractivity contribution in [2.24, 2.45) is 0 Å². The molecule has 1 fully saturated rings. The van der Waals surface area contributed by atoms with Gasteiger partial charge in [0.2, 0.25) is 17.8 Å². The van der Waals surface area contributed by atoms with E-state index in [1.54, 1.807) is 0 Å². The molecule has 20 heavy (non-hydrogen) atoms. The minimum Gasteiger partial charge on any atom is -0.354 e. The summed E-state index contributed by atoms with van der Waals surface area (Å²) in [4.78, 5) is 15.1. The van der Waals surface area contributed by atoms with Crippen molar-refractivity contribution in [2.75, 3.05) is 60.0 Å². The van der Waals surface area contributed by atoms with Gasteiger partial charge in [0, 0.05) is 49.7 Å².